The summed E-state index contributed by atoms with van der Waals surface area (Å²) in [6.07, 6.45) is 7.62. The largest absolute Gasteiger partial charge is 4.00 e. The minimum atomic E-state index is 0. The quantitative estimate of drug-likeness (QED) is 0.0606. The van der Waals surface area contributed by atoms with Crippen LogP contribution < -0.4 is 5.32 Å². The van der Waals surface area contributed by atoms with Gasteiger partial charge in [0.25, 0.3) is 0 Å². The predicted octanol–water partition coefficient (Wildman–Crippen LogP) is 24.5. The van der Waals surface area contributed by atoms with Crippen LogP contribution in [0.5, 0.6) is 0 Å². The number of nitrogens with zero attached hydrogens (tertiary/aromatic N) is 6. The molecular weight excluding hydrogens is 1300 g/mol. The van der Waals surface area contributed by atoms with Crippen LogP contribution in [-0.2, 0) is 32.6 Å². The Bertz CT molecular complexity index is 3080. The summed E-state index contributed by atoms with van der Waals surface area (Å²) in [5.41, 5.74) is 22.1. The van der Waals surface area contributed by atoms with E-state index in [1.54, 1.807) is 18.2 Å². The molecule has 0 aliphatic rings. The van der Waals surface area contributed by atoms with Crippen molar-refractivity contribution in [2.24, 2.45) is 0 Å². The molecule has 0 aliphatic carbocycles. The first kappa shape index (κ1) is 73.6. The van der Waals surface area contributed by atoms with E-state index in [2.05, 4.69) is 148 Å². The van der Waals surface area contributed by atoms with Crippen molar-refractivity contribution in [1.29, 1.82) is 0 Å². The molecule has 1 N–H and O–H groups in total. The van der Waals surface area contributed by atoms with Crippen molar-refractivity contribution in [2.45, 2.75) is 134 Å². The number of anilines is 1. The normalized spacial score (nSPS) is 10.8. The second-order valence-corrected chi connectivity index (χ2v) is 24.9. The third-order valence-corrected chi connectivity index (χ3v) is 16.7. The minimum absolute atomic E-state index is 0. The van der Waals surface area contributed by atoms with E-state index in [4.69, 9.17) is 113 Å². The van der Waals surface area contributed by atoms with Crippen LogP contribution in [0.4, 0.5) is 17.5 Å². The van der Waals surface area contributed by atoms with Gasteiger partial charge in [-0.25, -0.2) is 9.97 Å². The van der Waals surface area contributed by atoms with Gasteiger partial charge in [0.1, 0.15) is 5.82 Å². The van der Waals surface area contributed by atoms with Gasteiger partial charge in [0, 0.05) is 37.8 Å². The predicted molar refractivity (Wildman–Crippen MR) is 369 cm³/mol. The zero-order valence-electron chi connectivity index (χ0n) is 51.4. The number of rotatable bonds is 20. The summed E-state index contributed by atoms with van der Waals surface area (Å²) in [6, 6.07) is 24.3. The van der Waals surface area contributed by atoms with Gasteiger partial charge >= 0.3 is 26.2 Å². The first-order valence-corrected chi connectivity index (χ1v) is 30.8. The van der Waals surface area contributed by atoms with Gasteiger partial charge < -0.3 is 40.8 Å². The molecular formula is C69H77Cl8N7Zr. The third-order valence-electron chi connectivity index (χ3n) is 14.4. The van der Waals surface area contributed by atoms with Crippen LogP contribution in [0.25, 0.3) is 55.7 Å². The van der Waals surface area contributed by atoms with Crippen molar-refractivity contribution >= 4 is 110 Å². The van der Waals surface area contributed by atoms with Crippen molar-refractivity contribution in [1.82, 2.24) is 19.9 Å². The maximum Gasteiger partial charge on any atom is 4.00 e. The smallest absolute Gasteiger partial charge is 0.464 e. The maximum absolute atomic E-state index is 6.60. The molecule has 8 aromatic rings. The Morgan fingerprint density at radius 3 is 0.988 bits per heavy atom. The molecule has 85 heavy (non-hydrogen) atoms. The number of nitrogens with one attached hydrogen (secondary N) is 1. The summed E-state index contributed by atoms with van der Waals surface area (Å²) in [7, 11) is 0. The first-order chi connectivity index (χ1) is 38.9. The Hall–Kier alpha value is -3.92. The Balaban J connectivity index is 0.000000352. The number of aryl methyl sites for hydroxylation is 13. The summed E-state index contributed by atoms with van der Waals surface area (Å²) >= 11 is 52.2. The number of aromatic nitrogens is 4. The van der Waals surface area contributed by atoms with Gasteiger partial charge in [-0.05, 0) is 205 Å². The third kappa shape index (κ3) is 19.1. The molecule has 0 saturated heterocycles. The van der Waals surface area contributed by atoms with Gasteiger partial charge in [0.15, 0.2) is 0 Å². The van der Waals surface area contributed by atoms with Crippen molar-refractivity contribution < 1.29 is 26.2 Å². The average Bonchev–Trinajstić information content (AvgIpc) is 2.56. The number of pyridine rings is 4. The Morgan fingerprint density at radius 2 is 0.624 bits per heavy atom. The van der Waals surface area contributed by atoms with E-state index in [1.807, 2.05) is 6.07 Å². The molecule has 0 saturated carbocycles. The maximum atomic E-state index is 6.60. The molecule has 0 spiro atoms. The van der Waals surface area contributed by atoms with E-state index >= 15 is 0 Å². The van der Waals surface area contributed by atoms with Gasteiger partial charge in [0.05, 0.1) is 37.2 Å². The number of benzene rings is 4. The van der Waals surface area contributed by atoms with Crippen LogP contribution in [0, 0.1) is 97.9 Å². The van der Waals surface area contributed by atoms with Crippen LogP contribution in [-0.4, -0.2) is 39.6 Å². The van der Waals surface area contributed by atoms with Crippen LogP contribution in [0.15, 0.2) is 72.8 Å². The summed E-state index contributed by atoms with van der Waals surface area (Å²) < 4.78 is 0. The fourth-order valence-electron chi connectivity index (χ4n) is 11.1. The SMILES string of the molecule is Cc1cc(C)c(-c2nc(CCCCCCNc3nc(-c4c(C)cc(C)cc4C)c(Cl)cc3Cl)c(Cl)cc2Cl)c(C)c1.Cc1cc(C)c(-c2nc([N-]CCCCC[N-]c3nc(-c4c(C)cc(C)cc4C)c(Cl)cc3Cl)c(Cl)cc2Cl)c(C)c1.[CH3-].[CH3-].[Zr+4]. The van der Waals surface area contributed by atoms with Crippen molar-refractivity contribution in [3.05, 3.63) is 211 Å². The van der Waals surface area contributed by atoms with Gasteiger partial charge in [-0.15, -0.1) is 0 Å². The number of unbranched alkanes of at least 4 members (excludes halogenated alkanes) is 5. The van der Waals surface area contributed by atoms with Crippen LogP contribution in [0.3, 0.4) is 0 Å². The van der Waals surface area contributed by atoms with E-state index < -0.39 is 0 Å². The molecule has 0 unspecified atom stereocenters. The molecule has 0 fully saturated rings. The van der Waals surface area contributed by atoms with Crippen molar-refractivity contribution in [3.8, 4) is 45.0 Å². The van der Waals surface area contributed by atoms with Gasteiger partial charge in [-0.3, -0.25) is 0 Å². The number of hydrogen-bond donors (Lipinski definition) is 1. The van der Waals surface area contributed by atoms with E-state index in [-0.39, 0.29) is 41.1 Å². The van der Waals surface area contributed by atoms with Gasteiger partial charge in [-0.1, -0.05) is 209 Å². The van der Waals surface area contributed by atoms with Crippen LogP contribution in [0.2, 0.25) is 40.2 Å². The molecule has 8 rings (SSSR count). The minimum Gasteiger partial charge on any atom is -0.464 e. The second kappa shape index (κ2) is 33.6. The molecule has 16 heteroatoms. The summed E-state index contributed by atoms with van der Waals surface area (Å²) in [5.74, 6) is 1.69. The zero-order valence-corrected chi connectivity index (χ0v) is 59.9. The standard InChI is InChI=1S/C34H37Cl4N3.C33H34Cl4N4.2CH3.Zr/c1-19-13-21(3)30(22(4)14-19)32-26(36)17-25(35)29(40-32)11-9-7-8-10-12-39-34-28(38)18-27(37)33(41-34)31-23(5)15-20(2)16-24(31)6;1-18-12-20(3)28(21(4)13-18)30-24(34)16-26(36)32(40-30)38-10-8-7-9-11-39-33-27(37)17-25(35)31(41-33)29-22(5)14-19(2)15-23(29)6;;;/h13-18H,7-12H2,1-6H3,(H,39,41);12-17H,7-11H2,1-6H3;2*1H3;/q;-2;2*-1;+4. The van der Waals surface area contributed by atoms with Crippen molar-refractivity contribution in [3.63, 3.8) is 0 Å². The van der Waals surface area contributed by atoms with E-state index in [0.29, 0.717) is 82.1 Å². The molecule has 4 heterocycles. The second-order valence-electron chi connectivity index (χ2n) is 21.7. The Labute approximate surface area is 566 Å². The molecule has 0 amide bonds. The summed E-state index contributed by atoms with van der Waals surface area (Å²) in [5, 5.41) is 17.0. The van der Waals surface area contributed by atoms with Gasteiger partial charge in [-0.2, -0.15) is 0 Å². The van der Waals surface area contributed by atoms with Crippen LogP contribution in [0.1, 0.15) is 117 Å². The monoisotopic (exact) mass is 1370 g/mol. The molecule has 0 atom stereocenters. The van der Waals surface area contributed by atoms with E-state index in [1.165, 1.54) is 33.4 Å². The molecule has 7 nitrogen and oxygen atoms in total. The molecule has 0 aliphatic heterocycles. The zero-order chi connectivity index (χ0) is 59.7. The van der Waals surface area contributed by atoms with E-state index in [0.717, 1.165) is 131 Å². The van der Waals surface area contributed by atoms with Crippen LogP contribution >= 0.6 is 92.8 Å². The van der Waals surface area contributed by atoms with Gasteiger partial charge in [0.2, 0.25) is 0 Å². The summed E-state index contributed by atoms with van der Waals surface area (Å²) in [6.45, 7) is 27.0. The molecule has 4 aromatic heterocycles. The molecule has 4 aromatic carbocycles. The summed E-state index contributed by atoms with van der Waals surface area (Å²) in [4.78, 5) is 19.3. The fourth-order valence-corrected chi connectivity index (χ4v) is 13.2. The fraction of sp³-hybridized carbons (Fsp3) is 0.333. The average molecular weight is 1380 g/mol. The number of halogens is 8. The molecule has 0 radical (unpaired) electrons. The molecule has 448 valence electrons. The Kier molecular flexibility index (Phi) is 29.1. The Morgan fingerprint density at radius 1 is 0.329 bits per heavy atom. The topological polar surface area (TPSA) is 91.8 Å². The first-order valence-electron chi connectivity index (χ1n) is 27.8. The molecule has 0 bridgehead atoms. The van der Waals surface area contributed by atoms with E-state index in [9.17, 15) is 0 Å². The van der Waals surface area contributed by atoms with Crippen molar-refractivity contribution in [2.75, 3.05) is 25.0 Å². The number of hydrogen-bond acceptors (Lipinski definition) is 5.